The molecule has 1 aliphatic rings. The lowest BCUT2D eigenvalue weighted by Crippen LogP contribution is -2.34. The molecule has 3 nitrogen and oxygen atoms in total. The van der Waals surface area contributed by atoms with Crippen molar-refractivity contribution in [2.45, 2.75) is 12.5 Å². The average Bonchev–Trinajstić information content (AvgIpc) is 2.87. The Kier molecular flexibility index (Phi) is 3.91. The van der Waals surface area contributed by atoms with Crippen molar-refractivity contribution in [3.63, 3.8) is 0 Å². The van der Waals surface area contributed by atoms with Gasteiger partial charge in [-0.1, -0.05) is 24.3 Å². The van der Waals surface area contributed by atoms with E-state index in [0.29, 0.717) is 12.1 Å². The van der Waals surface area contributed by atoms with Crippen molar-refractivity contribution >= 4 is 28.5 Å². The van der Waals surface area contributed by atoms with Crippen LogP contribution in [0, 0.1) is 3.57 Å². The fraction of sp³-hybridized carbons (Fsp3) is 0.188. The number of nitrogens with one attached hydrogen (secondary N) is 1. The molecule has 0 fully saturated rings. The molecule has 102 valence electrons. The Balaban J connectivity index is 1.58. The highest BCUT2D eigenvalue weighted by Gasteiger charge is 2.22. The topological polar surface area (TPSA) is 38.3 Å². The van der Waals surface area contributed by atoms with Crippen LogP contribution >= 0.6 is 22.6 Å². The molecule has 0 saturated carbocycles. The summed E-state index contributed by atoms with van der Waals surface area (Å²) in [6, 6.07) is 15.6. The predicted molar refractivity (Wildman–Crippen MR) is 86.1 cm³/mol. The number of carbonyl (C=O) groups excluding carboxylic acids is 1. The molecule has 4 heteroatoms. The van der Waals surface area contributed by atoms with Crippen LogP contribution in [-0.2, 0) is 6.42 Å². The molecule has 1 heterocycles. The monoisotopic (exact) mass is 379 g/mol. The Hall–Kier alpha value is -1.56. The van der Waals surface area contributed by atoms with E-state index in [9.17, 15) is 4.79 Å². The van der Waals surface area contributed by atoms with Crippen LogP contribution in [-0.4, -0.2) is 18.6 Å². The van der Waals surface area contributed by atoms with Gasteiger partial charge in [0.2, 0.25) is 0 Å². The number of benzene rings is 2. The van der Waals surface area contributed by atoms with Crippen LogP contribution in [0.4, 0.5) is 0 Å². The van der Waals surface area contributed by atoms with E-state index in [4.69, 9.17) is 4.74 Å². The minimum atomic E-state index is -0.0527. The lowest BCUT2D eigenvalue weighted by molar-refractivity contribution is 0.0933. The highest BCUT2D eigenvalue weighted by atomic mass is 127. The van der Waals surface area contributed by atoms with Gasteiger partial charge in [-0.2, -0.15) is 0 Å². The summed E-state index contributed by atoms with van der Waals surface area (Å²) in [5.74, 6) is 0.879. The molecule has 0 aromatic heterocycles. The van der Waals surface area contributed by atoms with E-state index in [1.54, 1.807) is 0 Å². The van der Waals surface area contributed by atoms with Gasteiger partial charge in [0, 0.05) is 15.6 Å². The normalized spacial score (nSPS) is 16.4. The molecule has 1 unspecified atom stereocenters. The van der Waals surface area contributed by atoms with Crippen molar-refractivity contribution in [1.82, 2.24) is 5.32 Å². The van der Waals surface area contributed by atoms with E-state index in [1.165, 1.54) is 5.56 Å². The summed E-state index contributed by atoms with van der Waals surface area (Å²) in [6.45, 7) is 0.527. The van der Waals surface area contributed by atoms with Gasteiger partial charge >= 0.3 is 0 Å². The fourth-order valence-corrected chi connectivity index (χ4v) is 2.85. The largest absolute Gasteiger partial charge is 0.488 e. The Bertz CT molecular complexity index is 617. The van der Waals surface area contributed by atoms with Crippen LogP contribution in [0.15, 0.2) is 48.5 Å². The van der Waals surface area contributed by atoms with Gasteiger partial charge in [-0.15, -0.1) is 0 Å². The maximum atomic E-state index is 12.1. The van der Waals surface area contributed by atoms with E-state index in [2.05, 4.69) is 34.0 Å². The summed E-state index contributed by atoms with van der Waals surface area (Å²) in [5.41, 5.74) is 1.90. The van der Waals surface area contributed by atoms with E-state index < -0.39 is 0 Å². The van der Waals surface area contributed by atoms with Gasteiger partial charge in [-0.05, 0) is 52.4 Å². The van der Waals surface area contributed by atoms with Crippen LogP contribution in [0.1, 0.15) is 15.9 Å². The van der Waals surface area contributed by atoms with Crippen LogP contribution < -0.4 is 10.1 Å². The maximum Gasteiger partial charge on any atom is 0.251 e. The number of amides is 1. The van der Waals surface area contributed by atoms with Crippen LogP contribution in [0.2, 0.25) is 0 Å². The molecule has 1 atom stereocenters. The Morgan fingerprint density at radius 3 is 2.90 bits per heavy atom. The summed E-state index contributed by atoms with van der Waals surface area (Å²) >= 11 is 2.20. The molecule has 1 aliphatic heterocycles. The first-order valence-electron chi connectivity index (χ1n) is 6.51. The van der Waals surface area contributed by atoms with Gasteiger partial charge in [0.1, 0.15) is 11.9 Å². The number of hydrogen-bond acceptors (Lipinski definition) is 2. The summed E-state index contributed by atoms with van der Waals surface area (Å²) in [7, 11) is 0. The SMILES string of the molecule is O=C(NCC1Cc2ccccc2O1)c1cccc(I)c1. The number of rotatable bonds is 3. The van der Waals surface area contributed by atoms with Crippen LogP contribution in [0.3, 0.4) is 0 Å². The number of halogens is 1. The smallest absolute Gasteiger partial charge is 0.251 e. The molecular weight excluding hydrogens is 365 g/mol. The predicted octanol–water partition coefficient (Wildman–Crippen LogP) is 3.02. The highest BCUT2D eigenvalue weighted by Crippen LogP contribution is 2.27. The van der Waals surface area contributed by atoms with Gasteiger partial charge in [0.05, 0.1) is 6.54 Å². The first-order chi connectivity index (χ1) is 9.72. The van der Waals surface area contributed by atoms with E-state index in [0.717, 1.165) is 15.7 Å². The van der Waals surface area contributed by atoms with E-state index >= 15 is 0 Å². The Morgan fingerprint density at radius 2 is 2.10 bits per heavy atom. The van der Waals surface area contributed by atoms with Crippen molar-refractivity contribution < 1.29 is 9.53 Å². The summed E-state index contributed by atoms with van der Waals surface area (Å²) < 4.78 is 6.86. The zero-order valence-corrected chi connectivity index (χ0v) is 13.0. The molecule has 0 bridgehead atoms. The molecule has 0 aliphatic carbocycles. The Labute approximate surface area is 131 Å². The zero-order chi connectivity index (χ0) is 13.9. The second kappa shape index (κ2) is 5.83. The number of fused-ring (bicyclic) bond motifs is 1. The minimum Gasteiger partial charge on any atom is -0.488 e. The second-order valence-corrected chi connectivity index (χ2v) is 6.02. The highest BCUT2D eigenvalue weighted by molar-refractivity contribution is 14.1. The molecule has 20 heavy (non-hydrogen) atoms. The van der Waals surface area contributed by atoms with Crippen molar-refractivity contribution in [3.8, 4) is 5.75 Å². The summed E-state index contributed by atoms with van der Waals surface area (Å²) in [4.78, 5) is 12.1. The summed E-state index contributed by atoms with van der Waals surface area (Å²) in [6.07, 6.45) is 0.877. The van der Waals surface area contributed by atoms with Gasteiger partial charge < -0.3 is 10.1 Å². The molecule has 3 rings (SSSR count). The second-order valence-electron chi connectivity index (χ2n) is 4.77. The molecule has 2 aromatic rings. The van der Waals surface area contributed by atoms with Crippen molar-refractivity contribution in [3.05, 3.63) is 63.2 Å². The van der Waals surface area contributed by atoms with Crippen molar-refractivity contribution in [2.24, 2.45) is 0 Å². The third-order valence-corrected chi connectivity index (χ3v) is 3.96. The van der Waals surface area contributed by atoms with Crippen LogP contribution in [0.25, 0.3) is 0 Å². The lowest BCUT2D eigenvalue weighted by atomic mass is 10.1. The zero-order valence-electron chi connectivity index (χ0n) is 10.8. The average molecular weight is 379 g/mol. The molecule has 0 radical (unpaired) electrons. The number of hydrogen-bond donors (Lipinski definition) is 1. The number of carbonyl (C=O) groups is 1. The van der Waals surface area contributed by atoms with E-state index in [-0.39, 0.29) is 12.0 Å². The summed E-state index contributed by atoms with van der Waals surface area (Å²) in [5, 5.41) is 2.94. The molecule has 0 saturated heterocycles. The van der Waals surface area contributed by atoms with Gasteiger partial charge in [0.25, 0.3) is 5.91 Å². The first kappa shape index (κ1) is 13.4. The Morgan fingerprint density at radius 1 is 1.25 bits per heavy atom. The first-order valence-corrected chi connectivity index (χ1v) is 7.58. The number of para-hydroxylation sites is 1. The van der Waals surface area contributed by atoms with E-state index in [1.807, 2.05) is 42.5 Å². The van der Waals surface area contributed by atoms with Crippen LogP contribution in [0.5, 0.6) is 5.75 Å². The van der Waals surface area contributed by atoms with Gasteiger partial charge in [-0.3, -0.25) is 4.79 Å². The molecule has 1 amide bonds. The molecule has 1 N–H and O–H groups in total. The molecular formula is C16H14INO2. The quantitative estimate of drug-likeness (QED) is 0.833. The van der Waals surface area contributed by atoms with Crippen molar-refractivity contribution in [2.75, 3.05) is 6.54 Å². The van der Waals surface area contributed by atoms with Gasteiger partial charge in [-0.25, -0.2) is 0 Å². The van der Waals surface area contributed by atoms with Gasteiger partial charge in [0.15, 0.2) is 0 Å². The van der Waals surface area contributed by atoms with Crippen molar-refractivity contribution in [1.29, 1.82) is 0 Å². The standard InChI is InChI=1S/C16H14INO2/c17-13-6-3-5-12(8-13)16(19)18-10-14-9-11-4-1-2-7-15(11)20-14/h1-8,14H,9-10H2,(H,18,19). The third kappa shape index (κ3) is 2.95. The third-order valence-electron chi connectivity index (χ3n) is 3.29. The molecule has 0 spiro atoms. The molecule has 2 aromatic carbocycles. The fourth-order valence-electron chi connectivity index (χ4n) is 2.31. The minimum absolute atomic E-state index is 0.0270. The number of ether oxygens (including phenoxy) is 1. The lowest BCUT2D eigenvalue weighted by Gasteiger charge is -2.12. The maximum absolute atomic E-state index is 12.1.